The number of hydrogen-bond donors (Lipinski definition) is 2. The molecular formula is C16H17N5O4. The summed E-state index contributed by atoms with van der Waals surface area (Å²) in [5.41, 5.74) is 0.549. The lowest BCUT2D eigenvalue weighted by atomic mass is 10.2. The summed E-state index contributed by atoms with van der Waals surface area (Å²) in [4.78, 5) is 37.2. The van der Waals surface area contributed by atoms with Crippen LogP contribution in [-0.4, -0.2) is 50.0 Å². The fraction of sp³-hybridized carbons (Fsp3) is 0.312. The quantitative estimate of drug-likeness (QED) is 0.805. The summed E-state index contributed by atoms with van der Waals surface area (Å²) in [5.74, 6) is -1.82. The SMILES string of the molecule is CC1CC(NC(=O)Cn2cc(C(=O)O)nn2)C(=O)N1c1ccccc1. The Morgan fingerprint density at radius 2 is 2.04 bits per heavy atom. The van der Waals surface area contributed by atoms with Crippen LogP contribution < -0.4 is 10.2 Å². The first-order chi connectivity index (χ1) is 12.0. The number of aromatic nitrogens is 3. The molecule has 2 atom stereocenters. The molecule has 9 nitrogen and oxygen atoms in total. The Labute approximate surface area is 143 Å². The number of anilines is 1. The van der Waals surface area contributed by atoms with E-state index in [1.165, 1.54) is 0 Å². The lowest BCUT2D eigenvalue weighted by Gasteiger charge is -2.21. The lowest BCUT2D eigenvalue weighted by molar-refractivity contribution is -0.127. The van der Waals surface area contributed by atoms with Crippen LogP contribution >= 0.6 is 0 Å². The van der Waals surface area contributed by atoms with Crippen molar-refractivity contribution in [2.75, 3.05) is 4.90 Å². The van der Waals surface area contributed by atoms with E-state index in [1.807, 2.05) is 37.3 Å². The minimum absolute atomic E-state index is 0.0369. The van der Waals surface area contributed by atoms with Gasteiger partial charge in [-0.25, -0.2) is 9.48 Å². The van der Waals surface area contributed by atoms with Crippen molar-refractivity contribution in [3.05, 3.63) is 42.2 Å². The molecule has 0 saturated carbocycles. The average molecular weight is 343 g/mol. The van der Waals surface area contributed by atoms with E-state index < -0.39 is 17.9 Å². The molecule has 0 bridgehead atoms. The van der Waals surface area contributed by atoms with Gasteiger partial charge in [0.1, 0.15) is 12.6 Å². The van der Waals surface area contributed by atoms with Gasteiger partial charge in [-0.3, -0.25) is 9.59 Å². The highest BCUT2D eigenvalue weighted by atomic mass is 16.4. The molecule has 0 aliphatic carbocycles. The van der Waals surface area contributed by atoms with Gasteiger partial charge in [-0.2, -0.15) is 0 Å². The molecule has 1 aliphatic heterocycles. The van der Waals surface area contributed by atoms with Gasteiger partial charge < -0.3 is 15.3 Å². The highest BCUT2D eigenvalue weighted by Crippen LogP contribution is 2.26. The van der Waals surface area contributed by atoms with Crippen LogP contribution in [-0.2, 0) is 16.1 Å². The molecule has 2 unspecified atom stereocenters. The minimum Gasteiger partial charge on any atom is -0.476 e. The second-order valence-electron chi connectivity index (χ2n) is 5.86. The van der Waals surface area contributed by atoms with Crippen molar-refractivity contribution in [1.82, 2.24) is 20.3 Å². The van der Waals surface area contributed by atoms with Crippen molar-refractivity contribution in [1.29, 1.82) is 0 Å². The zero-order chi connectivity index (χ0) is 18.0. The number of rotatable bonds is 5. The second kappa shape index (κ2) is 6.71. The predicted octanol–water partition coefficient (Wildman–Crippen LogP) is 0.287. The van der Waals surface area contributed by atoms with Crippen LogP contribution in [0, 0.1) is 0 Å². The maximum Gasteiger partial charge on any atom is 0.358 e. The molecule has 2 heterocycles. The molecule has 25 heavy (non-hydrogen) atoms. The van der Waals surface area contributed by atoms with Crippen molar-refractivity contribution in [2.24, 2.45) is 0 Å². The lowest BCUT2D eigenvalue weighted by Crippen LogP contribution is -2.43. The smallest absolute Gasteiger partial charge is 0.358 e. The first kappa shape index (κ1) is 16.6. The van der Waals surface area contributed by atoms with E-state index in [4.69, 9.17) is 5.11 Å². The van der Waals surface area contributed by atoms with Crippen molar-refractivity contribution in [2.45, 2.75) is 32.0 Å². The Kier molecular flexibility index (Phi) is 4.46. The van der Waals surface area contributed by atoms with E-state index in [0.29, 0.717) is 6.42 Å². The van der Waals surface area contributed by atoms with Gasteiger partial charge in [0.05, 0.1) is 6.20 Å². The maximum atomic E-state index is 12.6. The van der Waals surface area contributed by atoms with E-state index in [9.17, 15) is 14.4 Å². The van der Waals surface area contributed by atoms with Crippen molar-refractivity contribution in [3.8, 4) is 0 Å². The van der Waals surface area contributed by atoms with Crippen LogP contribution in [0.25, 0.3) is 0 Å². The number of carbonyl (C=O) groups is 3. The molecule has 1 aliphatic rings. The van der Waals surface area contributed by atoms with Gasteiger partial charge in [-0.05, 0) is 25.5 Å². The van der Waals surface area contributed by atoms with E-state index in [0.717, 1.165) is 16.6 Å². The number of carboxylic acid groups (broad SMARTS) is 1. The van der Waals surface area contributed by atoms with Gasteiger partial charge in [0, 0.05) is 11.7 Å². The number of aromatic carboxylic acids is 1. The van der Waals surface area contributed by atoms with Gasteiger partial charge >= 0.3 is 5.97 Å². The summed E-state index contributed by atoms with van der Waals surface area (Å²) < 4.78 is 1.12. The van der Waals surface area contributed by atoms with Gasteiger partial charge in [-0.1, -0.05) is 23.4 Å². The monoisotopic (exact) mass is 343 g/mol. The Morgan fingerprint density at radius 3 is 2.68 bits per heavy atom. The fourth-order valence-electron chi connectivity index (χ4n) is 2.88. The molecule has 9 heteroatoms. The van der Waals surface area contributed by atoms with Gasteiger partial charge in [0.15, 0.2) is 5.69 Å². The number of carbonyl (C=O) groups excluding carboxylic acids is 2. The van der Waals surface area contributed by atoms with Crippen LogP contribution in [0.1, 0.15) is 23.8 Å². The van der Waals surface area contributed by atoms with Gasteiger partial charge in [0.2, 0.25) is 11.8 Å². The fourth-order valence-corrected chi connectivity index (χ4v) is 2.88. The number of amides is 2. The summed E-state index contributed by atoms with van der Waals surface area (Å²) in [6, 6.07) is 8.62. The first-order valence-electron chi connectivity index (χ1n) is 7.76. The molecule has 2 N–H and O–H groups in total. The Bertz CT molecular complexity index is 804. The molecule has 1 aromatic carbocycles. The van der Waals surface area contributed by atoms with Gasteiger partial charge in [-0.15, -0.1) is 5.10 Å². The molecule has 3 rings (SSSR count). The molecule has 1 saturated heterocycles. The van der Waals surface area contributed by atoms with E-state index in [-0.39, 0.29) is 24.2 Å². The van der Waals surface area contributed by atoms with E-state index >= 15 is 0 Å². The Morgan fingerprint density at radius 1 is 1.32 bits per heavy atom. The third-order valence-corrected chi connectivity index (χ3v) is 3.99. The summed E-state index contributed by atoms with van der Waals surface area (Å²) >= 11 is 0. The number of para-hydroxylation sites is 1. The molecule has 0 radical (unpaired) electrons. The molecule has 1 fully saturated rings. The zero-order valence-electron chi connectivity index (χ0n) is 13.5. The van der Waals surface area contributed by atoms with Crippen molar-refractivity contribution >= 4 is 23.5 Å². The largest absolute Gasteiger partial charge is 0.476 e. The number of carboxylic acids is 1. The average Bonchev–Trinajstić information content (AvgIpc) is 3.13. The summed E-state index contributed by atoms with van der Waals surface area (Å²) in [5, 5.41) is 18.5. The van der Waals surface area contributed by atoms with Crippen LogP contribution in [0.2, 0.25) is 0 Å². The van der Waals surface area contributed by atoms with Crippen molar-refractivity contribution in [3.63, 3.8) is 0 Å². The maximum absolute atomic E-state index is 12.6. The van der Waals surface area contributed by atoms with E-state index in [1.54, 1.807) is 4.90 Å². The number of nitrogens with one attached hydrogen (secondary N) is 1. The summed E-state index contributed by atoms with van der Waals surface area (Å²) in [6.45, 7) is 1.72. The minimum atomic E-state index is -1.22. The molecule has 0 spiro atoms. The third kappa shape index (κ3) is 3.49. The number of nitrogens with zero attached hydrogens (tertiary/aromatic N) is 4. The third-order valence-electron chi connectivity index (χ3n) is 3.99. The molecule has 130 valence electrons. The zero-order valence-corrected chi connectivity index (χ0v) is 13.5. The molecule has 2 aromatic rings. The van der Waals surface area contributed by atoms with Crippen molar-refractivity contribution < 1.29 is 19.5 Å². The first-order valence-corrected chi connectivity index (χ1v) is 7.76. The molecular weight excluding hydrogens is 326 g/mol. The van der Waals surface area contributed by atoms with Crippen LogP contribution in [0.4, 0.5) is 5.69 Å². The normalized spacial score (nSPS) is 19.9. The Balaban J connectivity index is 1.63. The second-order valence-corrected chi connectivity index (χ2v) is 5.86. The summed E-state index contributed by atoms with van der Waals surface area (Å²) in [7, 11) is 0. The topological polar surface area (TPSA) is 117 Å². The number of benzene rings is 1. The highest BCUT2D eigenvalue weighted by Gasteiger charge is 2.38. The number of hydrogen-bond acceptors (Lipinski definition) is 5. The molecule has 1 aromatic heterocycles. The summed E-state index contributed by atoms with van der Waals surface area (Å²) in [6.07, 6.45) is 1.66. The highest BCUT2D eigenvalue weighted by molar-refractivity contribution is 6.02. The van der Waals surface area contributed by atoms with Crippen LogP contribution in [0.15, 0.2) is 36.5 Å². The van der Waals surface area contributed by atoms with Crippen LogP contribution in [0.3, 0.4) is 0 Å². The standard InChI is InChI=1S/C16H17N5O4/c1-10-7-12(15(23)21(10)11-5-3-2-4-6-11)17-14(22)9-20-8-13(16(24)25)18-19-20/h2-6,8,10,12H,7,9H2,1H3,(H,17,22)(H,24,25). The van der Waals surface area contributed by atoms with Gasteiger partial charge in [0.25, 0.3) is 0 Å². The predicted molar refractivity (Wildman–Crippen MR) is 86.9 cm³/mol. The Hall–Kier alpha value is -3.23. The molecule has 2 amide bonds. The van der Waals surface area contributed by atoms with E-state index in [2.05, 4.69) is 15.6 Å². The van der Waals surface area contributed by atoms with Crippen LogP contribution in [0.5, 0.6) is 0 Å².